The van der Waals surface area contributed by atoms with Crippen LogP contribution in [0.4, 0.5) is 0 Å². The molecule has 37 heavy (non-hydrogen) atoms. The highest BCUT2D eigenvalue weighted by Crippen LogP contribution is 2.48. The molecule has 0 aliphatic heterocycles. The Morgan fingerprint density at radius 3 is 1.62 bits per heavy atom. The molecule has 4 aromatic rings. The number of aliphatic carboxylic acids is 1. The van der Waals surface area contributed by atoms with Gasteiger partial charge in [0, 0.05) is 18.6 Å². The summed E-state index contributed by atoms with van der Waals surface area (Å²) in [6, 6.07) is 35.9. The quantitative estimate of drug-likeness (QED) is 0.228. The van der Waals surface area contributed by atoms with Gasteiger partial charge >= 0.3 is 5.97 Å². The molecular weight excluding hydrogens is 482 g/mol. The average molecular weight is 512 g/mol. The first-order valence-electron chi connectivity index (χ1n) is 12.1. The van der Waals surface area contributed by atoms with E-state index in [0.29, 0.717) is 5.75 Å². The maximum absolute atomic E-state index is 12.9. The summed E-state index contributed by atoms with van der Waals surface area (Å²) in [6.07, 6.45) is 0.300. The van der Waals surface area contributed by atoms with Crippen LogP contribution in [0.15, 0.2) is 115 Å². The van der Waals surface area contributed by atoms with Crippen molar-refractivity contribution in [2.75, 3.05) is 5.75 Å². The van der Waals surface area contributed by atoms with Gasteiger partial charge in [0.1, 0.15) is 11.8 Å². The largest absolute Gasteiger partial charge is 0.508 e. The second-order valence-electron chi connectivity index (χ2n) is 8.71. The molecule has 0 radical (unpaired) electrons. The molecule has 0 heterocycles. The first-order chi connectivity index (χ1) is 18.0. The van der Waals surface area contributed by atoms with Crippen molar-refractivity contribution in [3.05, 3.63) is 138 Å². The average Bonchev–Trinajstić information content (AvgIpc) is 2.93. The maximum atomic E-state index is 12.9. The van der Waals surface area contributed by atoms with Crippen LogP contribution in [-0.2, 0) is 20.8 Å². The van der Waals surface area contributed by atoms with Crippen molar-refractivity contribution in [3.8, 4) is 5.75 Å². The zero-order chi connectivity index (χ0) is 26.1. The smallest absolute Gasteiger partial charge is 0.326 e. The Bertz CT molecular complexity index is 1200. The number of hydrogen-bond acceptors (Lipinski definition) is 4. The van der Waals surface area contributed by atoms with Crippen molar-refractivity contribution < 1.29 is 19.8 Å². The van der Waals surface area contributed by atoms with Crippen LogP contribution >= 0.6 is 11.8 Å². The highest BCUT2D eigenvalue weighted by molar-refractivity contribution is 8.00. The molecule has 0 saturated carbocycles. The third-order valence-electron chi connectivity index (χ3n) is 6.20. The van der Waals surface area contributed by atoms with E-state index in [1.165, 1.54) is 12.1 Å². The summed E-state index contributed by atoms with van der Waals surface area (Å²) in [7, 11) is 0. The zero-order valence-electron chi connectivity index (χ0n) is 20.3. The molecule has 0 saturated heterocycles. The van der Waals surface area contributed by atoms with Crippen LogP contribution in [0, 0.1) is 0 Å². The molecule has 0 aromatic heterocycles. The van der Waals surface area contributed by atoms with Gasteiger partial charge in [-0.25, -0.2) is 4.79 Å². The number of carboxylic acid groups (broad SMARTS) is 1. The molecule has 1 amide bonds. The number of carboxylic acids is 1. The molecular formula is C31H29NO4S. The van der Waals surface area contributed by atoms with Crippen molar-refractivity contribution in [3.63, 3.8) is 0 Å². The lowest BCUT2D eigenvalue weighted by molar-refractivity contribution is -0.141. The van der Waals surface area contributed by atoms with Gasteiger partial charge in [0.25, 0.3) is 0 Å². The Hall–Kier alpha value is -4.03. The standard InChI is InChI=1S/C31H29NO4S/c33-27-18-16-23(17-19-27)22-28(30(35)36)32-29(34)20-21-37-31(24-10-4-1-5-11-24,25-12-6-2-7-13-25)26-14-8-3-9-15-26/h1-19,28,33H,20-22H2,(H,32,34)(H,35,36)/t28-/m1/s1. The van der Waals surface area contributed by atoms with Gasteiger partial charge in [0.2, 0.25) is 5.91 Å². The van der Waals surface area contributed by atoms with Crippen LogP contribution < -0.4 is 5.32 Å². The minimum absolute atomic E-state index is 0.107. The third kappa shape index (κ3) is 6.40. The molecule has 0 spiro atoms. The number of hydrogen-bond donors (Lipinski definition) is 3. The van der Waals surface area contributed by atoms with Gasteiger partial charge < -0.3 is 15.5 Å². The van der Waals surface area contributed by atoms with Crippen molar-refractivity contribution in [1.29, 1.82) is 0 Å². The van der Waals surface area contributed by atoms with E-state index in [-0.39, 0.29) is 24.5 Å². The van der Waals surface area contributed by atoms with E-state index in [1.54, 1.807) is 23.9 Å². The normalized spacial score (nSPS) is 12.0. The number of rotatable bonds is 11. The predicted octanol–water partition coefficient (Wildman–Crippen LogP) is 5.62. The minimum Gasteiger partial charge on any atom is -0.508 e. The summed E-state index contributed by atoms with van der Waals surface area (Å²) in [6.45, 7) is 0. The van der Waals surface area contributed by atoms with Gasteiger partial charge in [-0.2, -0.15) is 0 Å². The molecule has 188 valence electrons. The number of benzene rings is 4. The van der Waals surface area contributed by atoms with Gasteiger partial charge in [-0.1, -0.05) is 103 Å². The van der Waals surface area contributed by atoms with Gasteiger partial charge in [0.15, 0.2) is 0 Å². The topological polar surface area (TPSA) is 86.6 Å². The summed E-state index contributed by atoms with van der Waals surface area (Å²) in [4.78, 5) is 24.7. The van der Waals surface area contributed by atoms with Gasteiger partial charge in [0.05, 0.1) is 4.75 Å². The lowest BCUT2D eigenvalue weighted by Gasteiger charge is -2.35. The highest BCUT2D eigenvalue weighted by atomic mass is 32.2. The number of amides is 1. The Morgan fingerprint density at radius 1 is 0.730 bits per heavy atom. The van der Waals surface area contributed by atoms with Crippen molar-refractivity contribution in [1.82, 2.24) is 5.32 Å². The van der Waals surface area contributed by atoms with E-state index in [4.69, 9.17) is 0 Å². The SMILES string of the molecule is O=C(CCSC(c1ccccc1)(c1ccccc1)c1ccccc1)N[C@H](Cc1ccc(O)cc1)C(=O)O. The van der Waals surface area contributed by atoms with Gasteiger partial charge in [-0.05, 0) is 34.4 Å². The number of carbonyl (C=O) groups is 2. The first-order valence-corrected chi connectivity index (χ1v) is 13.1. The van der Waals surface area contributed by atoms with E-state index in [0.717, 1.165) is 22.3 Å². The molecule has 0 fully saturated rings. The van der Waals surface area contributed by atoms with Crippen LogP contribution in [0.3, 0.4) is 0 Å². The summed E-state index contributed by atoms with van der Waals surface area (Å²) in [5, 5.41) is 21.8. The fraction of sp³-hybridized carbons (Fsp3) is 0.161. The van der Waals surface area contributed by atoms with Gasteiger partial charge in [-0.15, -0.1) is 11.8 Å². The molecule has 1 atom stereocenters. The van der Waals surface area contributed by atoms with Crippen LogP contribution in [0.25, 0.3) is 0 Å². The van der Waals surface area contributed by atoms with E-state index in [2.05, 4.69) is 41.7 Å². The lowest BCUT2D eigenvalue weighted by atomic mass is 9.84. The van der Waals surface area contributed by atoms with Crippen molar-refractivity contribution in [2.45, 2.75) is 23.6 Å². The Balaban J connectivity index is 1.54. The fourth-order valence-electron chi connectivity index (χ4n) is 4.40. The zero-order valence-corrected chi connectivity index (χ0v) is 21.1. The third-order valence-corrected chi connectivity index (χ3v) is 7.75. The van der Waals surface area contributed by atoms with Crippen LogP contribution in [0.5, 0.6) is 5.75 Å². The van der Waals surface area contributed by atoms with E-state index in [1.807, 2.05) is 54.6 Å². The number of carbonyl (C=O) groups excluding carboxylic acids is 1. The van der Waals surface area contributed by atoms with Crippen LogP contribution in [0.1, 0.15) is 28.7 Å². The fourth-order valence-corrected chi connectivity index (χ4v) is 5.90. The summed E-state index contributed by atoms with van der Waals surface area (Å²) < 4.78 is -0.539. The summed E-state index contributed by atoms with van der Waals surface area (Å²) in [5.41, 5.74) is 4.03. The van der Waals surface area contributed by atoms with E-state index >= 15 is 0 Å². The van der Waals surface area contributed by atoms with E-state index < -0.39 is 16.8 Å². The number of phenolic OH excluding ortho intramolecular Hbond substituents is 1. The van der Waals surface area contributed by atoms with Crippen molar-refractivity contribution in [2.24, 2.45) is 0 Å². The number of thioether (sulfide) groups is 1. The van der Waals surface area contributed by atoms with Crippen LogP contribution in [-0.4, -0.2) is 33.9 Å². The Kier molecular flexibility index (Phi) is 8.64. The molecule has 4 rings (SSSR count). The first kappa shape index (κ1) is 26.0. The maximum Gasteiger partial charge on any atom is 0.326 e. The lowest BCUT2D eigenvalue weighted by Crippen LogP contribution is -2.42. The minimum atomic E-state index is -1.10. The number of aromatic hydroxyl groups is 1. The molecule has 0 unspecified atom stereocenters. The molecule has 4 aromatic carbocycles. The molecule has 5 nitrogen and oxygen atoms in total. The molecule has 0 aliphatic carbocycles. The van der Waals surface area contributed by atoms with Crippen molar-refractivity contribution >= 4 is 23.6 Å². The van der Waals surface area contributed by atoms with Crippen LogP contribution in [0.2, 0.25) is 0 Å². The predicted molar refractivity (Wildman–Crippen MR) is 148 cm³/mol. The van der Waals surface area contributed by atoms with Gasteiger partial charge in [-0.3, -0.25) is 4.79 Å². The summed E-state index contributed by atoms with van der Waals surface area (Å²) >= 11 is 1.66. The molecule has 3 N–H and O–H groups in total. The second-order valence-corrected chi connectivity index (χ2v) is 10.0. The highest BCUT2D eigenvalue weighted by Gasteiger charge is 2.37. The molecule has 0 aliphatic rings. The monoisotopic (exact) mass is 511 g/mol. The second kappa shape index (κ2) is 12.3. The Morgan fingerprint density at radius 2 is 1.19 bits per heavy atom. The number of phenols is 1. The summed E-state index contributed by atoms with van der Waals surface area (Å²) in [5.74, 6) is -0.825. The molecule has 0 bridgehead atoms. The number of nitrogens with one attached hydrogen (secondary N) is 1. The Labute approximate surface area is 221 Å². The van der Waals surface area contributed by atoms with E-state index in [9.17, 15) is 19.8 Å². The molecule has 6 heteroatoms.